The van der Waals surface area contributed by atoms with Crippen LogP contribution >= 0.6 is 0 Å². The van der Waals surface area contributed by atoms with Gasteiger partial charge in [-0.25, -0.2) is 0 Å². The van der Waals surface area contributed by atoms with Gasteiger partial charge >= 0.3 is 0 Å². The fraction of sp³-hybridized carbons (Fsp3) is 0.455. The van der Waals surface area contributed by atoms with Crippen molar-refractivity contribution < 1.29 is 10.2 Å². The molecule has 2 heteroatoms. The molecule has 0 atom stereocenters. The van der Waals surface area contributed by atoms with Crippen LogP contribution in [0.5, 0.6) is 0 Å². The quantitative estimate of drug-likeness (QED) is 0.893. The molecule has 2 N–H and O–H groups in total. The first-order valence-corrected chi connectivity index (χ1v) is 9.27. The molecule has 2 aromatic carbocycles. The van der Waals surface area contributed by atoms with Crippen LogP contribution < -0.4 is 0 Å². The average Bonchev–Trinajstić information content (AvgIpc) is 2.86. The first kappa shape index (κ1) is 15.9. The summed E-state index contributed by atoms with van der Waals surface area (Å²) in [6, 6.07) is 13.6. The Kier molecular flexibility index (Phi) is 4.19. The van der Waals surface area contributed by atoms with Crippen LogP contribution in [0.25, 0.3) is 11.1 Å². The molecule has 0 saturated heterocycles. The van der Waals surface area contributed by atoms with Crippen molar-refractivity contribution in [2.45, 2.75) is 50.4 Å². The van der Waals surface area contributed by atoms with Crippen molar-refractivity contribution in [1.29, 1.82) is 0 Å². The van der Waals surface area contributed by atoms with Gasteiger partial charge in [0.05, 0.1) is 0 Å². The maximum atomic E-state index is 9.32. The summed E-state index contributed by atoms with van der Waals surface area (Å²) in [6.07, 6.45) is 7.84. The molecule has 2 aromatic rings. The van der Waals surface area contributed by atoms with Crippen LogP contribution in [0.3, 0.4) is 0 Å². The van der Waals surface area contributed by atoms with Crippen molar-refractivity contribution in [3.05, 3.63) is 58.7 Å². The third-order valence-electron chi connectivity index (χ3n) is 6.00. The van der Waals surface area contributed by atoms with Gasteiger partial charge in [-0.3, -0.25) is 0 Å². The molecule has 1 fully saturated rings. The molecule has 0 unspecified atom stereocenters. The van der Waals surface area contributed by atoms with Crippen LogP contribution in [0.2, 0.25) is 0 Å². The molecule has 2 aliphatic carbocycles. The number of hydrogen-bond acceptors (Lipinski definition) is 2. The number of aliphatic hydroxyl groups is 2. The van der Waals surface area contributed by atoms with Crippen LogP contribution in [0.4, 0.5) is 0 Å². The third kappa shape index (κ3) is 2.40. The van der Waals surface area contributed by atoms with E-state index in [2.05, 4.69) is 36.4 Å². The van der Waals surface area contributed by atoms with Crippen molar-refractivity contribution in [3.63, 3.8) is 0 Å². The van der Waals surface area contributed by atoms with Crippen LogP contribution in [0.1, 0.15) is 54.4 Å². The standard InChI is InChI=1S/C22H26O2/c23-12-8-16-5-7-20-19(14-16)18-6-4-17(9-13-24)15-21(18)22(20)10-2-1-3-11-22/h4-7,14-15,23-24H,1-3,8-13H2. The van der Waals surface area contributed by atoms with Crippen molar-refractivity contribution in [1.82, 2.24) is 0 Å². The highest BCUT2D eigenvalue weighted by Crippen LogP contribution is 2.56. The van der Waals surface area contributed by atoms with Crippen LogP contribution in [-0.2, 0) is 18.3 Å². The van der Waals surface area contributed by atoms with Crippen molar-refractivity contribution in [2.24, 2.45) is 0 Å². The molecule has 0 aliphatic heterocycles. The van der Waals surface area contributed by atoms with E-state index in [0.717, 1.165) is 12.8 Å². The lowest BCUT2D eigenvalue weighted by atomic mass is 9.67. The number of hydrogen-bond donors (Lipinski definition) is 2. The van der Waals surface area contributed by atoms with Crippen molar-refractivity contribution >= 4 is 0 Å². The second-order valence-corrected chi connectivity index (χ2v) is 7.35. The minimum absolute atomic E-state index is 0.173. The van der Waals surface area contributed by atoms with E-state index in [-0.39, 0.29) is 18.6 Å². The Morgan fingerprint density at radius 1 is 0.708 bits per heavy atom. The lowest BCUT2D eigenvalue weighted by Gasteiger charge is -2.36. The van der Waals surface area contributed by atoms with E-state index in [4.69, 9.17) is 0 Å². The van der Waals surface area contributed by atoms with Gasteiger partial charge in [0.15, 0.2) is 0 Å². The Hall–Kier alpha value is -1.64. The number of benzene rings is 2. The highest BCUT2D eigenvalue weighted by molar-refractivity contribution is 5.82. The molecule has 0 amide bonds. The van der Waals surface area contributed by atoms with Gasteiger partial charge in [-0.15, -0.1) is 0 Å². The van der Waals surface area contributed by atoms with E-state index in [1.54, 1.807) is 0 Å². The lowest BCUT2D eigenvalue weighted by Crippen LogP contribution is -2.28. The Labute approximate surface area is 144 Å². The highest BCUT2D eigenvalue weighted by atomic mass is 16.3. The number of aliphatic hydroxyl groups excluding tert-OH is 2. The fourth-order valence-corrected chi connectivity index (χ4v) is 4.86. The molecule has 0 heterocycles. The first-order chi connectivity index (χ1) is 11.8. The van der Waals surface area contributed by atoms with Gasteiger partial charge in [0.1, 0.15) is 0 Å². The molecule has 1 saturated carbocycles. The van der Waals surface area contributed by atoms with Crippen LogP contribution in [0, 0.1) is 0 Å². The summed E-state index contributed by atoms with van der Waals surface area (Å²) in [5.74, 6) is 0. The van der Waals surface area contributed by atoms with Crippen molar-refractivity contribution in [2.75, 3.05) is 13.2 Å². The maximum absolute atomic E-state index is 9.32. The van der Waals surface area contributed by atoms with Gasteiger partial charge in [0.2, 0.25) is 0 Å². The Bertz CT molecular complexity index is 742. The van der Waals surface area contributed by atoms with Crippen LogP contribution in [0.15, 0.2) is 36.4 Å². The second kappa shape index (κ2) is 6.34. The van der Waals surface area contributed by atoms with E-state index in [9.17, 15) is 10.2 Å². The van der Waals surface area contributed by atoms with Gasteiger partial charge < -0.3 is 10.2 Å². The minimum Gasteiger partial charge on any atom is -0.396 e. The highest BCUT2D eigenvalue weighted by Gasteiger charge is 2.43. The molecular weight excluding hydrogens is 296 g/mol. The maximum Gasteiger partial charge on any atom is 0.0471 e. The second-order valence-electron chi connectivity index (χ2n) is 7.35. The molecule has 2 aliphatic rings. The lowest BCUT2D eigenvalue weighted by molar-refractivity contribution is 0.299. The van der Waals surface area contributed by atoms with E-state index < -0.39 is 0 Å². The molecule has 24 heavy (non-hydrogen) atoms. The molecule has 126 valence electrons. The van der Waals surface area contributed by atoms with Gasteiger partial charge in [-0.05, 0) is 59.1 Å². The predicted octanol–water partition coefficient (Wildman–Crippen LogP) is 3.99. The molecule has 0 bridgehead atoms. The third-order valence-corrected chi connectivity index (χ3v) is 6.00. The Morgan fingerprint density at radius 3 is 2.08 bits per heavy atom. The van der Waals surface area contributed by atoms with Crippen molar-refractivity contribution in [3.8, 4) is 11.1 Å². The summed E-state index contributed by atoms with van der Waals surface area (Å²) in [5.41, 5.74) is 8.33. The molecule has 4 rings (SSSR count). The van der Waals surface area contributed by atoms with E-state index in [1.165, 1.54) is 65.5 Å². The average molecular weight is 322 g/mol. The van der Waals surface area contributed by atoms with E-state index in [1.807, 2.05) is 0 Å². The Balaban J connectivity index is 1.89. The normalized spacial score (nSPS) is 17.8. The van der Waals surface area contributed by atoms with E-state index >= 15 is 0 Å². The van der Waals surface area contributed by atoms with Gasteiger partial charge in [-0.1, -0.05) is 55.7 Å². The molecule has 1 spiro atoms. The SMILES string of the molecule is OCCc1ccc2c(c1)-c1ccc(CCO)cc1C21CCCCC1. The molecular formula is C22H26O2. The van der Waals surface area contributed by atoms with Gasteiger partial charge in [-0.2, -0.15) is 0 Å². The summed E-state index contributed by atoms with van der Waals surface area (Å²) in [7, 11) is 0. The zero-order valence-corrected chi connectivity index (χ0v) is 14.2. The van der Waals surface area contributed by atoms with Gasteiger partial charge in [0, 0.05) is 18.6 Å². The molecule has 0 aromatic heterocycles. The topological polar surface area (TPSA) is 40.5 Å². The summed E-state index contributed by atoms with van der Waals surface area (Å²) < 4.78 is 0. The van der Waals surface area contributed by atoms with Gasteiger partial charge in [0.25, 0.3) is 0 Å². The summed E-state index contributed by atoms with van der Waals surface area (Å²) >= 11 is 0. The number of rotatable bonds is 4. The largest absolute Gasteiger partial charge is 0.396 e. The van der Waals surface area contributed by atoms with Crippen LogP contribution in [-0.4, -0.2) is 23.4 Å². The molecule has 2 nitrogen and oxygen atoms in total. The smallest absolute Gasteiger partial charge is 0.0471 e. The molecule has 0 radical (unpaired) electrons. The zero-order chi connectivity index (χ0) is 16.6. The number of fused-ring (bicyclic) bond motifs is 5. The minimum atomic E-state index is 0.173. The summed E-state index contributed by atoms with van der Waals surface area (Å²) in [4.78, 5) is 0. The monoisotopic (exact) mass is 322 g/mol. The Morgan fingerprint density at radius 2 is 1.38 bits per heavy atom. The predicted molar refractivity (Wildman–Crippen MR) is 97.3 cm³/mol. The zero-order valence-electron chi connectivity index (χ0n) is 14.2. The fourth-order valence-electron chi connectivity index (χ4n) is 4.86. The first-order valence-electron chi connectivity index (χ1n) is 9.27. The summed E-state index contributed by atoms with van der Waals surface area (Å²) in [5, 5.41) is 18.6. The summed E-state index contributed by atoms with van der Waals surface area (Å²) in [6.45, 7) is 0.408. The van der Waals surface area contributed by atoms with E-state index in [0.29, 0.717) is 0 Å².